The standard InChI is InChI=1S/C18H24Cl2N2O.CH4O3S/c1-3-4-11-21-16-7-5-6-8-17(16)22(2)18(23)13-9-10-14(19)15(20)12-13;1-5(2,3)4/h3,9-10,12,16-17,21H,1,4-8,11H2,2H3;1H3,(H,2,3,4)/t16-,17-;/m1./s1. The molecule has 0 spiro atoms. The number of hydrogen-bond acceptors (Lipinski definition) is 4. The molecule has 0 aliphatic heterocycles. The van der Waals surface area contributed by atoms with E-state index in [1.807, 2.05) is 18.0 Å². The Morgan fingerprint density at radius 3 is 2.50 bits per heavy atom. The molecule has 0 aromatic heterocycles. The number of nitrogens with zero attached hydrogens (tertiary/aromatic N) is 1. The molecule has 0 radical (unpaired) electrons. The Morgan fingerprint density at radius 2 is 1.93 bits per heavy atom. The van der Waals surface area contributed by atoms with Crippen molar-refractivity contribution in [1.29, 1.82) is 0 Å². The van der Waals surface area contributed by atoms with Crippen LogP contribution in [0.25, 0.3) is 0 Å². The molecule has 0 unspecified atom stereocenters. The van der Waals surface area contributed by atoms with Crippen LogP contribution in [0.3, 0.4) is 0 Å². The van der Waals surface area contributed by atoms with Crippen LogP contribution >= 0.6 is 23.2 Å². The average Bonchev–Trinajstić information content (AvgIpc) is 2.62. The number of rotatable bonds is 6. The summed E-state index contributed by atoms with van der Waals surface area (Å²) in [5.41, 5.74) is 0.581. The number of nitrogens with one attached hydrogen (secondary N) is 1. The second kappa shape index (κ2) is 11.8. The van der Waals surface area contributed by atoms with Crippen molar-refractivity contribution >= 4 is 39.2 Å². The Bertz CT molecular complexity index is 763. The minimum absolute atomic E-state index is 0.00835. The number of benzene rings is 1. The summed E-state index contributed by atoms with van der Waals surface area (Å²) in [7, 11) is -1.79. The number of halogens is 2. The predicted molar refractivity (Wildman–Crippen MR) is 115 cm³/mol. The summed E-state index contributed by atoms with van der Waals surface area (Å²) >= 11 is 12.0. The third kappa shape index (κ3) is 8.92. The zero-order valence-electron chi connectivity index (χ0n) is 16.2. The van der Waals surface area contributed by atoms with Gasteiger partial charge in [-0.25, -0.2) is 0 Å². The molecule has 2 atom stereocenters. The van der Waals surface area contributed by atoms with Gasteiger partial charge in [0.1, 0.15) is 0 Å². The highest BCUT2D eigenvalue weighted by molar-refractivity contribution is 7.85. The van der Waals surface area contributed by atoms with Gasteiger partial charge < -0.3 is 10.2 Å². The van der Waals surface area contributed by atoms with E-state index in [1.165, 1.54) is 6.42 Å². The van der Waals surface area contributed by atoms with Crippen molar-refractivity contribution in [2.45, 2.75) is 44.2 Å². The molecule has 1 aliphatic carbocycles. The van der Waals surface area contributed by atoms with Gasteiger partial charge in [-0.15, -0.1) is 6.58 Å². The Balaban J connectivity index is 0.000000696. The molecule has 1 aromatic carbocycles. The van der Waals surface area contributed by atoms with Crippen molar-refractivity contribution < 1.29 is 17.8 Å². The van der Waals surface area contributed by atoms with Crippen molar-refractivity contribution in [3.8, 4) is 0 Å². The summed E-state index contributed by atoms with van der Waals surface area (Å²) in [4.78, 5) is 14.6. The summed E-state index contributed by atoms with van der Waals surface area (Å²) in [6, 6.07) is 5.59. The first-order valence-corrected chi connectivity index (χ1v) is 11.6. The number of hydrogen-bond donors (Lipinski definition) is 2. The van der Waals surface area contributed by atoms with Crippen molar-refractivity contribution in [2.24, 2.45) is 0 Å². The normalized spacial score (nSPS) is 19.3. The van der Waals surface area contributed by atoms with E-state index in [-0.39, 0.29) is 11.9 Å². The van der Waals surface area contributed by atoms with E-state index in [0.29, 0.717) is 27.9 Å². The molecule has 1 saturated carbocycles. The Labute approximate surface area is 177 Å². The van der Waals surface area contributed by atoms with Gasteiger partial charge in [-0.05, 0) is 44.0 Å². The maximum atomic E-state index is 12.8. The van der Waals surface area contributed by atoms with Crippen molar-refractivity contribution in [2.75, 3.05) is 19.8 Å². The molecule has 1 aliphatic rings. The summed E-state index contributed by atoms with van der Waals surface area (Å²) in [6.07, 6.45) is 8.05. The molecule has 28 heavy (non-hydrogen) atoms. The van der Waals surface area contributed by atoms with E-state index < -0.39 is 10.1 Å². The van der Waals surface area contributed by atoms with Gasteiger partial charge in [0.25, 0.3) is 16.0 Å². The van der Waals surface area contributed by atoms with E-state index in [9.17, 15) is 13.2 Å². The average molecular weight is 451 g/mol. The van der Waals surface area contributed by atoms with Gasteiger partial charge in [-0.2, -0.15) is 8.42 Å². The van der Waals surface area contributed by atoms with E-state index in [0.717, 1.165) is 32.2 Å². The molecular formula is C19H28Cl2N2O4S. The lowest BCUT2D eigenvalue weighted by atomic mass is 9.89. The first-order valence-electron chi connectivity index (χ1n) is 9.03. The summed E-state index contributed by atoms with van der Waals surface area (Å²) in [6.45, 7) is 4.66. The van der Waals surface area contributed by atoms with Gasteiger partial charge in [-0.1, -0.05) is 42.1 Å². The minimum atomic E-state index is -3.67. The van der Waals surface area contributed by atoms with Gasteiger partial charge >= 0.3 is 0 Å². The van der Waals surface area contributed by atoms with Crippen LogP contribution in [0.2, 0.25) is 10.0 Å². The van der Waals surface area contributed by atoms with Crippen molar-refractivity contribution in [1.82, 2.24) is 10.2 Å². The molecule has 9 heteroatoms. The second-order valence-corrected chi connectivity index (χ2v) is 9.05. The van der Waals surface area contributed by atoms with Gasteiger partial charge in [0.2, 0.25) is 0 Å². The van der Waals surface area contributed by atoms with Gasteiger partial charge in [0.15, 0.2) is 0 Å². The molecule has 2 N–H and O–H groups in total. The number of likely N-dealkylation sites (N-methyl/N-ethyl adjacent to an activating group) is 1. The van der Waals surface area contributed by atoms with Crippen LogP contribution in [-0.4, -0.2) is 55.7 Å². The highest BCUT2D eigenvalue weighted by atomic mass is 35.5. The summed E-state index contributed by atoms with van der Waals surface area (Å²) in [5.74, 6) is -0.00835. The summed E-state index contributed by atoms with van der Waals surface area (Å²) < 4.78 is 25.9. The molecule has 0 saturated heterocycles. The lowest BCUT2D eigenvalue weighted by molar-refractivity contribution is 0.0650. The van der Waals surface area contributed by atoms with Crippen LogP contribution in [0.5, 0.6) is 0 Å². The van der Waals surface area contributed by atoms with Gasteiger partial charge in [0, 0.05) is 24.7 Å². The monoisotopic (exact) mass is 450 g/mol. The molecule has 0 bridgehead atoms. The molecule has 1 amide bonds. The molecule has 1 fully saturated rings. The molecular weight excluding hydrogens is 423 g/mol. The van der Waals surface area contributed by atoms with Crippen LogP contribution in [0.15, 0.2) is 30.9 Å². The molecule has 0 heterocycles. The lowest BCUT2D eigenvalue weighted by Crippen LogP contribution is -2.52. The largest absolute Gasteiger partial charge is 0.337 e. The highest BCUT2D eigenvalue weighted by Gasteiger charge is 2.30. The molecule has 6 nitrogen and oxygen atoms in total. The zero-order valence-corrected chi connectivity index (χ0v) is 18.5. The van der Waals surface area contributed by atoms with E-state index in [1.54, 1.807) is 18.2 Å². The van der Waals surface area contributed by atoms with Crippen molar-refractivity contribution in [3.05, 3.63) is 46.5 Å². The minimum Gasteiger partial charge on any atom is -0.337 e. The van der Waals surface area contributed by atoms with Crippen LogP contribution in [-0.2, 0) is 10.1 Å². The fraction of sp³-hybridized carbons (Fsp3) is 0.526. The maximum Gasteiger partial charge on any atom is 0.261 e. The highest BCUT2D eigenvalue weighted by Crippen LogP contribution is 2.26. The molecule has 158 valence electrons. The third-order valence-corrected chi connectivity index (χ3v) is 5.21. The predicted octanol–water partition coefficient (Wildman–Crippen LogP) is 4.05. The fourth-order valence-electron chi connectivity index (χ4n) is 3.17. The molecule has 1 aromatic rings. The van der Waals surface area contributed by atoms with Crippen LogP contribution < -0.4 is 5.32 Å². The quantitative estimate of drug-likeness (QED) is 0.387. The van der Waals surface area contributed by atoms with E-state index in [2.05, 4.69) is 11.9 Å². The van der Waals surface area contributed by atoms with Crippen molar-refractivity contribution in [3.63, 3.8) is 0 Å². The maximum absolute atomic E-state index is 12.8. The Morgan fingerprint density at radius 1 is 1.32 bits per heavy atom. The van der Waals surface area contributed by atoms with Crippen LogP contribution in [0, 0.1) is 0 Å². The first kappa shape index (κ1) is 24.9. The smallest absolute Gasteiger partial charge is 0.261 e. The van der Waals surface area contributed by atoms with Crippen LogP contribution in [0.1, 0.15) is 42.5 Å². The number of carbonyl (C=O) groups is 1. The van der Waals surface area contributed by atoms with E-state index in [4.69, 9.17) is 27.8 Å². The zero-order chi connectivity index (χ0) is 21.3. The third-order valence-electron chi connectivity index (χ3n) is 4.47. The topological polar surface area (TPSA) is 86.7 Å². The SMILES string of the molecule is C=CCCN[C@@H]1CCCC[C@H]1N(C)C(=O)c1ccc(Cl)c(Cl)c1.CS(=O)(=O)O. The molecule has 2 rings (SSSR count). The van der Waals surface area contributed by atoms with E-state index >= 15 is 0 Å². The van der Waals surface area contributed by atoms with Gasteiger partial charge in [0.05, 0.1) is 16.3 Å². The number of amides is 1. The Kier molecular flexibility index (Phi) is 10.5. The first-order chi connectivity index (χ1) is 13.0. The fourth-order valence-corrected chi connectivity index (χ4v) is 3.47. The van der Waals surface area contributed by atoms with Crippen LogP contribution in [0.4, 0.5) is 0 Å². The van der Waals surface area contributed by atoms with Gasteiger partial charge in [-0.3, -0.25) is 9.35 Å². The Hall–Kier alpha value is -1.12. The summed E-state index contributed by atoms with van der Waals surface area (Å²) in [5, 5.41) is 4.45. The number of carbonyl (C=O) groups excluding carboxylic acids is 1. The second-order valence-electron chi connectivity index (χ2n) is 6.77. The lowest BCUT2D eigenvalue weighted by Gasteiger charge is -2.38.